The highest BCUT2D eigenvalue weighted by Crippen LogP contribution is 2.29. The van der Waals surface area contributed by atoms with E-state index in [4.69, 9.17) is 11.6 Å². The van der Waals surface area contributed by atoms with Crippen LogP contribution in [0.3, 0.4) is 0 Å². The molecule has 0 aromatic heterocycles. The van der Waals surface area contributed by atoms with Crippen molar-refractivity contribution in [3.63, 3.8) is 0 Å². The lowest BCUT2D eigenvalue weighted by atomic mass is 10.1. The molecule has 4 nitrogen and oxygen atoms in total. The number of urea groups is 1. The second-order valence-corrected chi connectivity index (χ2v) is 5.55. The first-order valence-electron chi connectivity index (χ1n) is 7.21. The second-order valence-electron chi connectivity index (χ2n) is 5.15. The number of carbonyl (C=O) groups excluding carboxylic acids is 2. The Morgan fingerprint density at radius 3 is 2.16 bits per heavy atom. The maximum atomic E-state index is 13.6. The predicted octanol–water partition coefficient (Wildman–Crippen LogP) is 4.73. The minimum atomic E-state index is -1.17. The van der Waals surface area contributed by atoms with Crippen LogP contribution in [0.2, 0.25) is 5.02 Å². The first-order valence-corrected chi connectivity index (χ1v) is 7.59. The maximum absolute atomic E-state index is 13.6. The normalized spacial score (nSPS) is 10.5. The molecule has 3 amide bonds. The van der Waals surface area contributed by atoms with E-state index < -0.39 is 29.1 Å². The lowest BCUT2D eigenvalue weighted by Gasteiger charge is -2.11. The highest BCUT2D eigenvalue weighted by molar-refractivity contribution is 6.36. The molecule has 0 heterocycles. The van der Waals surface area contributed by atoms with Gasteiger partial charge >= 0.3 is 6.03 Å². The van der Waals surface area contributed by atoms with Crippen LogP contribution in [-0.4, -0.2) is 11.9 Å². The van der Waals surface area contributed by atoms with E-state index >= 15 is 0 Å². The SMILES string of the molecule is O=C(NC(=O)c1c(F)cccc1F)Nc1ccc(Cl)c2ccccc12. The summed E-state index contributed by atoms with van der Waals surface area (Å²) in [4.78, 5) is 24.0. The Morgan fingerprint density at radius 1 is 0.840 bits per heavy atom. The number of amides is 3. The highest BCUT2D eigenvalue weighted by Gasteiger charge is 2.19. The zero-order chi connectivity index (χ0) is 18.0. The summed E-state index contributed by atoms with van der Waals surface area (Å²) in [6.45, 7) is 0. The molecule has 0 fully saturated rings. The molecule has 0 bridgehead atoms. The third-order valence-corrected chi connectivity index (χ3v) is 3.87. The minimum absolute atomic E-state index is 0.402. The van der Waals surface area contributed by atoms with E-state index in [1.807, 2.05) is 5.32 Å². The van der Waals surface area contributed by atoms with Crippen LogP contribution in [0.1, 0.15) is 10.4 Å². The van der Waals surface area contributed by atoms with Gasteiger partial charge in [-0.25, -0.2) is 13.6 Å². The van der Waals surface area contributed by atoms with Crippen LogP contribution >= 0.6 is 11.6 Å². The molecular formula is C18H11ClF2N2O2. The van der Waals surface area contributed by atoms with Gasteiger partial charge in [0, 0.05) is 15.8 Å². The Morgan fingerprint density at radius 2 is 1.48 bits per heavy atom. The monoisotopic (exact) mass is 360 g/mol. The van der Waals surface area contributed by atoms with Crippen LogP contribution in [0, 0.1) is 11.6 Å². The van der Waals surface area contributed by atoms with Crippen LogP contribution in [0.25, 0.3) is 10.8 Å². The van der Waals surface area contributed by atoms with Crippen molar-refractivity contribution in [1.29, 1.82) is 0 Å². The summed E-state index contributed by atoms with van der Waals surface area (Å²) in [6, 6.07) is 12.3. The average Bonchev–Trinajstić information content (AvgIpc) is 2.57. The van der Waals surface area contributed by atoms with Crippen LogP contribution in [-0.2, 0) is 0 Å². The number of hydrogen-bond acceptors (Lipinski definition) is 2. The molecule has 126 valence electrons. The molecule has 2 N–H and O–H groups in total. The van der Waals surface area contributed by atoms with Crippen molar-refractivity contribution in [2.45, 2.75) is 0 Å². The highest BCUT2D eigenvalue weighted by atomic mass is 35.5. The molecule has 0 aliphatic rings. The smallest absolute Gasteiger partial charge is 0.307 e. The van der Waals surface area contributed by atoms with E-state index in [0.717, 1.165) is 18.2 Å². The molecule has 3 aromatic rings. The molecule has 0 saturated heterocycles. The molecule has 0 atom stereocenters. The fourth-order valence-corrected chi connectivity index (χ4v) is 2.63. The van der Waals surface area contributed by atoms with E-state index in [9.17, 15) is 18.4 Å². The topological polar surface area (TPSA) is 58.2 Å². The third kappa shape index (κ3) is 3.44. The number of hydrogen-bond donors (Lipinski definition) is 2. The molecule has 0 aliphatic heterocycles. The van der Waals surface area contributed by atoms with Gasteiger partial charge < -0.3 is 5.32 Å². The van der Waals surface area contributed by atoms with E-state index in [0.29, 0.717) is 21.5 Å². The molecule has 0 spiro atoms. The fraction of sp³-hybridized carbons (Fsp3) is 0. The van der Waals surface area contributed by atoms with E-state index in [-0.39, 0.29) is 0 Å². The van der Waals surface area contributed by atoms with Gasteiger partial charge in [-0.3, -0.25) is 10.1 Å². The molecule has 0 aliphatic carbocycles. The molecule has 3 aromatic carbocycles. The summed E-state index contributed by atoms with van der Waals surface area (Å²) in [7, 11) is 0. The van der Waals surface area contributed by atoms with Crippen molar-refractivity contribution in [2.75, 3.05) is 5.32 Å². The molecule has 3 rings (SSSR count). The predicted molar refractivity (Wildman–Crippen MR) is 91.8 cm³/mol. The first-order chi connectivity index (χ1) is 12.0. The zero-order valence-electron chi connectivity index (χ0n) is 12.6. The Kier molecular flexibility index (Phi) is 4.63. The molecule has 7 heteroatoms. The van der Waals surface area contributed by atoms with Crippen LogP contribution in [0.5, 0.6) is 0 Å². The fourth-order valence-electron chi connectivity index (χ4n) is 2.41. The van der Waals surface area contributed by atoms with Gasteiger partial charge in [0.2, 0.25) is 0 Å². The van der Waals surface area contributed by atoms with Crippen LogP contribution in [0.4, 0.5) is 19.3 Å². The van der Waals surface area contributed by atoms with Gasteiger partial charge in [0.15, 0.2) is 0 Å². The number of nitrogens with one attached hydrogen (secondary N) is 2. The minimum Gasteiger partial charge on any atom is -0.307 e. The van der Waals surface area contributed by atoms with Crippen molar-refractivity contribution >= 4 is 40.0 Å². The first kappa shape index (κ1) is 16.9. The van der Waals surface area contributed by atoms with Crippen molar-refractivity contribution in [2.24, 2.45) is 0 Å². The molecule has 0 radical (unpaired) electrons. The van der Waals surface area contributed by atoms with Crippen LogP contribution < -0.4 is 10.6 Å². The van der Waals surface area contributed by atoms with Gasteiger partial charge in [0.05, 0.1) is 5.69 Å². The molecule has 25 heavy (non-hydrogen) atoms. The third-order valence-electron chi connectivity index (χ3n) is 3.54. The second kappa shape index (κ2) is 6.86. The number of imide groups is 1. The molecule has 0 unspecified atom stereocenters. The lowest BCUT2D eigenvalue weighted by molar-refractivity contribution is 0.0959. The summed E-state index contributed by atoms with van der Waals surface area (Å²) in [5.41, 5.74) is -0.419. The maximum Gasteiger partial charge on any atom is 0.326 e. The Bertz CT molecular complexity index is 972. The number of rotatable bonds is 2. The molecule has 0 saturated carbocycles. The van der Waals surface area contributed by atoms with Crippen molar-refractivity contribution in [1.82, 2.24) is 5.32 Å². The van der Waals surface area contributed by atoms with Crippen molar-refractivity contribution in [3.8, 4) is 0 Å². The Balaban J connectivity index is 1.82. The summed E-state index contributed by atoms with van der Waals surface area (Å²) >= 11 is 6.10. The lowest BCUT2D eigenvalue weighted by Crippen LogP contribution is -2.35. The summed E-state index contributed by atoms with van der Waals surface area (Å²) in [5, 5.41) is 6.26. The number of carbonyl (C=O) groups is 2. The van der Waals surface area contributed by atoms with Crippen LogP contribution in [0.15, 0.2) is 54.6 Å². The van der Waals surface area contributed by atoms with Gasteiger partial charge in [-0.2, -0.15) is 0 Å². The van der Waals surface area contributed by atoms with Gasteiger partial charge in [0.25, 0.3) is 5.91 Å². The zero-order valence-corrected chi connectivity index (χ0v) is 13.4. The van der Waals surface area contributed by atoms with Crippen molar-refractivity contribution < 1.29 is 18.4 Å². The Labute approximate surface area is 146 Å². The van der Waals surface area contributed by atoms with Gasteiger partial charge in [-0.1, -0.05) is 41.9 Å². The van der Waals surface area contributed by atoms with E-state index in [1.165, 1.54) is 0 Å². The van der Waals surface area contributed by atoms with Crippen molar-refractivity contribution in [3.05, 3.63) is 76.8 Å². The average molecular weight is 361 g/mol. The van der Waals surface area contributed by atoms with Gasteiger partial charge in [0.1, 0.15) is 17.2 Å². The van der Waals surface area contributed by atoms with Gasteiger partial charge in [-0.15, -0.1) is 0 Å². The quantitative estimate of drug-likeness (QED) is 0.694. The summed E-state index contributed by atoms with van der Waals surface area (Å²) in [5.74, 6) is -3.28. The number of fused-ring (bicyclic) bond motifs is 1. The van der Waals surface area contributed by atoms with Gasteiger partial charge in [-0.05, 0) is 24.3 Å². The van der Waals surface area contributed by atoms with E-state index in [1.54, 1.807) is 36.4 Å². The largest absolute Gasteiger partial charge is 0.326 e. The number of anilines is 1. The van der Waals surface area contributed by atoms with E-state index in [2.05, 4.69) is 5.32 Å². The number of benzene rings is 3. The Hall–Kier alpha value is -2.99. The summed E-state index contributed by atoms with van der Waals surface area (Å²) < 4.78 is 27.2. The summed E-state index contributed by atoms with van der Waals surface area (Å²) in [6.07, 6.45) is 0. The molecular weight excluding hydrogens is 350 g/mol. The number of halogens is 3. The standard InChI is InChI=1S/C18H11ClF2N2O2/c19-12-8-9-15(11-5-2-1-4-10(11)12)22-18(25)23-17(24)16-13(20)6-3-7-14(16)21/h1-9H,(H2,22,23,24,25).